The van der Waals surface area contributed by atoms with E-state index < -0.39 is 6.10 Å². The number of rotatable bonds is 4. The van der Waals surface area contributed by atoms with Crippen LogP contribution in [0.3, 0.4) is 0 Å². The van der Waals surface area contributed by atoms with E-state index >= 15 is 0 Å². The van der Waals surface area contributed by atoms with Crippen LogP contribution in [0.25, 0.3) is 0 Å². The zero-order chi connectivity index (χ0) is 13.0. The van der Waals surface area contributed by atoms with Gasteiger partial charge in [-0.3, -0.25) is 0 Å². The number of hydrogen-bond acceptors (Lipinski definition) is 3. The summed E-state index contributed by atoms with van der Waals surface area (Å²) in [4.78, 5) is 0. The molecule has 3 N–H and O–H groups in total. The number of nitrogen functional groups attached to an aromatic ring is 1. The fourth-order valence-electron chi connectivity index (χ4n) is 2.00. The van der Waals surface area contributed by atoms with Gasteiger partial charge in [0, 0.05) is 17.7 Å². The van der Waals surface area contributed by atoms with Crippen LogP contribution in [-0.4, -0.2) is 12.2 Å². The number of anilines is 1. The third-order valence-electron chi connectivity index (χ3n) is 2.96. The quantitative estimate of drug-likeness (QED) is 0.811. The van der Waals surface area contributed by atoms with Crippen LogP contribution >= 0.6 is 0 Å². The second-order valence-electron chi connectivity index (χ2n) is 4.16. The Hall–Kier alpha value is -2.00. The molecule has 94 valence electrons. The average molecular weight is 243 g/mol. The Bertz CT molecular complexity index is 525. The third-order valence-corrected chi connectivity index (χ3v) is 2.96. The zero-order valence-electron chi connectivity index (χ0n) is 10.3. The molecule has 0 aliphatic rings. The van der Waals surface area contributed by atoms with Crippen LogP contribution < -0.4 is 10.5 Å². The maximum absolute atomic E-state index is 10.2. The molecule has 18 heavy (non-hydrogen) atoms. The lowest BCUT2D eigenvalue weighted by molar-refractivity contribution is 0.178. The van der Waals surface area contributed by atoms with Crippen molar-refractivity contribution in [3.63, 3.8) is 0 Å². The highest BCUT2D eigenvalue weighted by molar-refractivity contribution is 5.48. The van der Waals surface area contributed by atoms with Gasteiger partial charge in [0.25, 0.3) is 0 Å². The number of ether oxygens (including phenoxy) is 1. The van der Waals surface area contributed by atoms with E-state index in [1.807, 2.05) is 42.5 Å². The maximum atomic E-state index is 10.2. The molecule has 2 rings (SSSR count). The Labute approximate surface area is 107 Å². The van der Waals surface area contributed by atoms with Crippen LogP contribution in [0.15, 0.2) is 48.5 Å². The largest absolute Gasteiger partial charge is 0.496 e. The highest BCUT2D eigenvalue weighted by atomic mass is 16.5. The molecule has 1 atom stereocenters. The van der Waals surface area contributed by atoms with Crippen molar-refractivity contribution in [1.82, 2.24) is 0 Å². The predicted molar refractivity (Wildman–Crippen MR) is 72.5 cm³/mol. The van der Waals surface area contributed by atoms with E-state index in [1.165, 1.54) is 0 Å². The molecule has 0 spiro atoms. The fourth-order valence-corrected chi connectivity index (χ4v) is 2.00. The van der Waals surface area contributed by atoms with Gasteiger partial charge in [-0.2, -0.15) is 0 Å². The van der Waals surface area contributed by atoms with Crippen LogP contribution in [0, 0.1) is 0 Å². The topological polar surface area (TPSA) is 55.5 Å². The number of hydrogen-bond donors (Lipinski definition) is 2. The summed E-state index contributed by atoms with van der Waals surface area (Å²) in [6, 6.07) is 15.0. The van der Waals surface area contributed by atoms with Crippen molar-refractivity contribution in [3.8, 4) is 5.75 Å². The first-order valence-electron chi connectivity index (χ1n) is 5.86. The minimum Gasteiger partial charge on any atom is -0.496 e. The number of methoxy groups -OCH3 is 1. The number of aliphatic hydroxyl groups excluding tert-OH is 1. The van der Waals surface area contributed by atoms with Crippen LogP contribution in [0.5, 0.6) is 5.75 Å². The molecule has 0 amide bonds. The second kappa shape index (κ2) is 5.56. The van der Waals surface area contributed by atoms with Gasteiger partial charge in [0.1, 0.15) is 5.75 Å². The third kappa shape index (κ3) is 2.63. The number of benzene rings is 2. The molecule has 0 saturated heterocycles. The summed E-state index contributed by atoms with van der Waals surface area (Å²) in [6.45, 7) is 0. The molecular weight excluding hydrogens is 226 g/mol. The first-order chi connectivity index (χ1) is 8.72. The molecule has 1 unspecified atom stereocenters. The zero-order valence-corrected chi connectivity index (χ0v) is 10.3. The van der Waals surface area contributed by atoms with Gasteiger partial charge in [-0.05, 0) is 17.7 Å². The summed E-state index contributed by atoms with van der Waals surface area (Å²) in [5.74, 6) is 0.783. The Morgan fingerprint density at radius 2 is 1.78 bits per heavy atom. The van der Waals surface area contributed by atoms with E-state index in [1.54, 1.807) is 13.2 Å². The molecule has 0 saturated carbocycles. The molecule has 0 heterocycles. The Morgan fingerprint density at radius 3 is 2.50 bits per heavy atom. The smallest absolute Gasteiger partial charge is 0.122 e. The number of aliphatic hydroxyl groups is 1. The number of para-hydroxylation sites is 2. The molecule has 3 nitrogen and oxygen atoms in total. The summed E-state index contributed by atoms with van der Waals surface area (Å²) in [6.07, 6.45) is -0.138. The van der Waals surface area contributed by atoms with Gasteiger partial charge in [0.2, 0.25) is 0 Å². The molecular formula is C15H17NO2. The number of nitrogens with two attached hydrogens (primary N) is 1. The van der Waals surface area contributed by atoms with Crippen LogP contribution in [0.2, 0.25) is 0 Å². The Balaban J connectivity index is 2.21. The van der Waals surface area contributed by atoms with Crippen molar-refractivity contribution in [3.05, 3.63) is 59.7 Å². The van der Waals surface area contributed by atoms with E-state index in [9.17, 15) is 5.11 Å². The van der Waals surface area contributed by atoms with Gasteiger partial charge >= 0.3 is 0 Å². The summed E-state index contributed by atoms with van der Waals surface area (Å²) in [7, 11) is 1.63. The predicted octanol–water partition coefficient (Wildman–Crippen LogP) is 2.55. The van der Waals surface area contributed by atoms with Gasteiger partial charge < -0.3 is 15.6 Å². The maximum Gasteiger partial charge on any atom is 0.122 e. The van der Waals surface area contributed by atoms with Crippen LogP contribution in [0.4, 0.5) is 5.69 Å². The summed E-state index contributed by atoms with van der Waals surface area (Å²) < 4.78 is 5.27. The molecule has 0 aliphatic carbocycles. The second-order valence-corrected chi connectivity index (χ2v) is 4.16. The minimum atomic E-state index is -0.623. The molecule has 3 heteroatoms. The van der Waals surface area contributed by atoms with E-state index in [0.29, 0.717) is 12.1 Å². The lowest BCUT2D eigenvalue weighted by Crippen LogP contribution is -2.06. The van der Waals surface area contributed by atoms with Gasteiger partial charge in [-0.1, -0.05) is 36.4 Å². The normalized spacial score (nSPS) is 12.1. The van der Waals surface area contributed by atoms with Crippen molar-refractivity contribution in [1.29, 1.82) is 0 Å². The van der Waals surface area contributed by atoms with Crippen LogP contribution in [-0.2, 0) is 6.42 Å². The van der Waals surface area contributed by atoms with Crippen molar-refractivity contribution < 1.29 is 9.84 Å². The Kier molecular flexibility index (Phi) is 3.85. The van der Waals surface area contributed by atoms with Gasteiger partial charge in [0.15, 0.2) is 0 Å². The standard InChI is InChI=1S/C15H17NO2/c1-18-15-9-5-2-6-11(15)10-14(17)12-7-3-4-8-13(12)16/h2-9,14,17H,10,16H2,1H3. The van der Waals surface area contributed by atoms with Crippen molar-refractivity contribution in [2.75, 3.05) is 12.8 Å². The molecule has 0 bridgehead atoms. The van der Waals surface area contributed by atoms with Crippen LogP contribution in [0.1, 0.15) is 17.2 Å². The minimum absolute atomic E-state index is 0.484. The van der Waals surface area contributed by atoms with Crippen molar-refractivity contribution in [2.45, 2.75) is 12.5 Å². The summed E-state index contributed by atoms with van der Waals surface area (Å²) in [5, 5.41) is 10.2. The molecule has 2 aromatic rings. The van der Waals surface area contributed by atoms with E-state index in [4.69, 9.17) is 10.5 Å². The molecule has 2 aromatic carbocycles. The highest BCUT2D eigenvalue weighted by Gasteiger charge is 2.13. The van der Waals surface area contributed by atoms with Crippen molar-refractivity contribution in [2.24, 2.45) is 0 Å². The lowest BCUT2D eigenvalue weighted by Gasteiger charge is -2.15. The van der Waals surface area contributed by atoms with Crippen molar-refractivity contribution >= 4 is 5.69 Å². The molecule has 0 aliphatic heterocycles. The molecule has 0 fully saturated rings. The molecule has 0 radical (unpaired) electrons. The Morgan fingerprint density at radius 1 is 1.11 bits per heavy atom. The van der Waals surface area contributed by atoms with E-state index in [2.05, 4.69) is 0 Å². The lowest BCUT2D eigenvalue weighted by atomic mass is 9.99. The average Bonchev–Trinajstić information content (AvgIpc) is 2.39. The van der Waals surface area contributed by atoms with Gasteiger partial charge in [0.05, 0.1) is 13.2 Å². The first-order valence-corrected chi connectivity index (χ1v) is 5.86. The first kappa shape index (κ1) is 12.5. The van der Waals surface area contributed by atoms with E-state index in [-0.39, 0.29) is 0 Å². The summed E-state index contributed by atoms with van der Waals surface area (Å²) >= 11 is 0. The van der Waals surface area contributed by atoms with Gasteiger partial charge in [-0.15, -0.1) is 0 Å². The summed E-state index contributed by atoms with van der Waals surface area (Å²) in [5.41, 5.74) is 8.19. The molecule has 0 aromatic heterocycles. The highest BCUT2D eigenvalue weighted by Crippen LogP contribution is 2.27. The van der Waals surface area contributed by atoms with E-state index in [0.717, 1.165) is 16.9 Å². The SMILES string of the molecule is COc1ccccc1CC(O)c1ccccc1N. The van der Waals surface area contributed by atoms with Gasteiger partial charge in [-0.25, -0.2) is 0 Å². The monoisotopic (exact) mass is 243 g/mol. The fraction of sp³-hybridized carbons (Fsp3) is 0.200.